The zero-order chi connectivity index (χ0) is 4.24. The first-order valence-corrected chi connectivity index (χ1v) is 2.00. The average Bonchev–Trinajstić information content (AvgIpc) is 1.72. The Labute approximate surface area is 74.7 Å². The molecule has 2 nitrogen and oxygen atoms in total. The topological polar surface area (TPSA) is 63.0 Å². The van der Waals surface area contributed by atoms with E-state index in [1.165, 1.54) is 0 Å². The largest absolute Gasteiger partial charge is 0.412 e. The van der Waals surface area contributed by atoms with Gasteiger partial charge in [-0.05, 0) is 0 Å². The summed E-state index contributed by atoms with van der Waals surface area (Å²) in [5.41, 5.74) is 0. The maximum atomic E-state index is 2.00. The van der Waals surface area contributed by atoms with Crippen LogP contribution in [0.25, 0.3) is 0 Å². The summed E-state index contributed by atoms with van der Waals surface area (Å²) >= 11 is 0. The second kappa shape index (κ2) is 10.9. The first-order valence-electron chi connectivity index (χ1n) is 2.00. The molecule has 0 aliphatic carbocycles. The van der Waals surface area contributed by atoms with Gasteiger partial charge in [0.05, 0.1) is 0 Å². The van der Waals surface area contributed by atoms with Crippen molar-refractivity contribution in [1.29, 1.82) is 0 Å². The number of hydrogen-bond acceptors (Lipinski definition) is 0. The van der Waals surface area contributed by atoms with Crippen LogP contribution in [0.15, 0.2) is 36.4 Å². The van der Waals surface area contributed by atoms with Gasteiger partial charge >= 0.3 is 0 Å². The molecule has 0 aromatic heterocycles. The Bertz CT molecular complexity index is 83.0. The minimum atomic E-state index is 0. The predicted octanol–water partition coefficient (Wildman–Crippen LogP) is 0.0347. The van der Waals surface area contributed by atoms with Crippen molar-refractivity contribution in [2.75, 3.05) is 0 Å². The first kappa shape index (κ1) is 16.0. The Morgan fingerprint density at radius 1 is 0.444 bits per heavy atom. The van der Waals surface area contributed by atoms with Crippen LogP contribution in [-0.2, 0) is 27.3 Å². The van der Waals surface area contributed by atoms with Gasteiger partial charge in [-0.1, -0.05) is 36.4 Å². The van der Waals surface area contributed by atoms with E-state index in [2.05, 4.69) is 0 Å². The Morgan fingerprint density at radius 3 is 0.667 bits per heavy atom. The summed E-state index contributed by atoms with van der Waals surface area (Å²) in [7, 11) is 0. The minimum Gasteiger partial charge on any atom is -0.412 e. The third-order valence-electron chi connectivity index (χ3n) is 0.667. The molecule has 0 heterocycles. The summed E-state index contributed by atoms with van der Waals surface area (Å²) < 4.78 is 0. The second-order valence-electron chi connectivity index (χ2n) is 1.15. The van der Waals surface area contributed by atoms with Crippen LogP contribution in [0.4, 0.5) is 0 Å². The molecule has 1 rings (SSSR count). The van der Waals surface area contributed by atoms with Crippen molar-refractivity contribution in [2.45, 2.75) is 0 Å². The third-order valence-corrected chi connectivity index (χ3v) is 0.667. The molecule has 48 valence electrons. The Hall–Kier alpha value is 0.0621. The summed E-state index contributed by atoms with van der Waals surface area (Å²) in [6, 6.07) is 12.0. The van der Waals surface area contributed by atoms with E-state index in [-0.39, 0.29) is 38.3 Å². The van der Waals surface area contributed by atoms with Gasteiger partial charge in [-0.15, -0.1) is 0 Å². The van der Waals surface area contributed by atoms with Crippen LogP contribution in [0.5, 0.6) is 0 Å². The molecule has 9 heavy (non-hydrogen) atoms. The average molecular weight is 227 g/mol. The number of rotatable bonds is 0. The van der Waals surface area contributed by atoms with E-state index >= 15 is 0 Å². The molecule has 0 spiro atoms. The van der Waals surface area contributed by atoms with Crippen molar-refractivity contribution in [3.63, 3.8) is 0 Å². The molecule has 4 N–H and O–H groups in total. The molecule has 0 amide bonds. The van der Waals surface area contributed by atoms with Crippen molar-refractivity contribution in [2.24, 2.45) is 0 Å². The third kappa shape index (κ3) is 8.06. The monoisotopic (exact) mass is 228 g/mol. The van der Waals surface area contributed by atoms with Crippen LogP contribution >= 0.6 is 0 Å². The zero-order valence-electron chi connectivity index (χ0n) is 5.17. The molecule has 0 fully saturated rings. The molecule has 0 radical (unpaired) electrons. The number of benzene rings is 1. The molecule has 0 atom stereocenters. The summed E-state index contributed by atoms with van der Waals surface area (Å²) in [6.45, 7) is 0. The van der Waals surface area contributed by atoms with E-state index in [9.17, 15) is 0 Å². The summed E-state index contributed by atoms with van der Waals surface area (Å²) in [5.74, 6) is 0. The van der Waals surface area contributed by atoms with E-state index in [4.69, 9.17) is 0 Å². The van der Waals surface area contributed by atoms with Crippen LogP contribution in [0.3, 0.4) is 0 Å². The van der Waals surface area contributed by atoms with Gasteiger partial charge in [0.25, 0.3) is 0 Å². The fraction of sp³-hybridized carbons (Fsp3) is 0. The van der Waals surface area contributed by atoms with Crippen molar-refractivity contribution < 1.29 is 38.3 Å². The molecular formula is C6H10CdO2. The fourth-order valence-electron chi connectivity index (χ4n) is 0.385. The molecule has 3 heteroatoms. The van der Waals surface area contributed by atoms with E-state index < -0.39 is 0 Å². The summed E-state index contributed by atoms with van der Waals surface area (Å²) in [4.78, 5) is 0. The van der Waals surface area contributed by atoms with Crippen LogP contribution in [0, 0.1) is 0 Å². The van der Waals surface area contributed by atoms with Crippen LogP contribution in [0.2, 0.25) is 0 Å². The fourth-order valence-corrected chi connectivity index (χ4v) is 0.385. The Kier molecular flexibility index (Phi) is 19.5. The van der Waals surface area contributed by atoms with Crippen LogP contribution < -0.4 is 0 Å². The molecule has 0 saturated carbocycles. The predicted molar refractivity (Wildman–Crippen MR) is 33.7 cm³/mol. The van der Waals surface area contributed by atoms with Crippen LogP contribution in [-0.4, -0.2) is 11.0 Å². The van der Waals surface area contributed by atoms with Gasteiger partial charge in [-0.3, -0.25) is 0 Å². The quantitative estimate of drug-likeness (QED) is 0.561. The Balaban J connectivity index is -0.000000120. The second-order valence-corrected chi connectivity index (χ2v) is 1.15. The van der Waals surface area contributed by atoms with Gasteiger partial charge in [0.2, 0.25) is 0 Å². The normalized spacial score (nSPS) is 5.33. The summed E-state index contributed by atoms with van der Waals surface area (Å²) in [5, 5.41) is 0. The summed E-state index contributed by atoms with van der Waals surface area (Å²) in [6.07, 6.45) is 0. The maximum absolute atomic E-state index is 2.00. The standard InChI is InChI=1S/C6H6.Cd.2H2O/c1-2-4-6-5-3-1;;;/h1-6H;;2*1H2. The molecule has 0 saturated heterocycles. The molecule has 0 bridgehead atoms. The van der Waals surface area contributed by atoms with Gasteiger partial charge in [0.1, 0.15) is 0 Å². The van der Waals surface area contributed by atoms with E-state index in [1.54, 1.807) is 0 Å². The molecule has 1 aromatic rings. The van der Waals surface area contributed by atoms with Gasteiger partial charge in [0.15, 0.2) is 0 Å². The van der Waals surface area contributed by atoms with Crippen molar-refractivity contribution in [3.8, 4) is 0 Å². The molecule has 0 unspecified atom stereocenters. The smallest absolute Gasteiger partial charge is 0 e. The molecular weight excluding hydrogens is 216 g/mol. The zero-order valence-corrected chi connectivity index (χ0v) is 9.21. The van der Waals surface area contributed by atoms with Gasteiger partial charge < -0.3 is 11.0 Å². The molecule has 0 aliphatic heterocycles. The van der Waals surface area contributed by atoms with Crippen molar-refractivity contribution in [3.05, 3.63) is 36.4 Å². The van der Waals surface area contributed by atoms with E-state index in [1.807, 2.05) is 36.4 Å². The Morgan fingerprint density at radius 2 is 0.556 bits per heavy atom. The van der Waals surface area contributed by atoms with Crippen molar-refractivity contribution in [1.82, 2.24) is 0 Å². The SMILES string of the molecule is O.O.[Cd].c1ccccc1. The van der Waals surface area contributed by atoms with E-state index in [0.717, 1.165) is 0 Å². The number of hydrogen-bond donors (Lipinski definition) is 0. The van der Waals surface area contributed by atoms with Crippen molar-refractivity contribution >= 4 is 0 Å². The van der Waals surface area contributed by atoms with Gasteiger partial charge in [-0.2, -0.15) is 0 Å². The minimum absolute atomic E-state index is 0. The molecule has 0 aliphatic rings. The van der Waals surface area contributed by atoms with Gasteiger partial charge in [-0.25, -0.2) is 0 Å². The van der Waals surface area contributed by atoms with E-state index in [0.29, 0.717) is 0 Å². The maximum Gasteiger partial charge on any atom is 0 e. The van der Waals surface area contributed by atoms with Gasteiger partial charge in [0, 0.05) is 27.3 Å². The first-order chi connectivity index (χ1) is 3.00. The van der Waals surface area contributed by atoms with Crippen LogP contribution in [0.1, 0.15) is 0 Å². The molecule has 1 aromatic carbocycles.